The second-order valence-electron chi connectivity index (χ2n) is 5.12. The minimum Gasteiger partial charge on any atom is -0.337 e. The number of aromatic nitrogens is 1. The third-order valence-corrected chi connectivity index (χ3v) is 4.47. The van der Waals surface area contributed by atoms with Gasteiger partial charge in [0.1, 0.15) is 5.69 Å². The van der Waals surface area contributed by atoms with Crippen LogP contribution < -0.4 is 0 Å². The summed E-state index contributed by atoms with van der Waals surface area (Å²) in [6.45, 7) is 5.62. The zero-order chi connectivity index (χ0) is 13.3. The van der Waals surface area contributed by atoms with Crippen molar-refractivity contribution in [2.75, 3.05) is 27.2 Å². The van der Waals surface area contributed by atoms with Crippen LogP contribution in [0, 0.1) is 13.8 Å². The van der Waals surface area contributed by atoms with E-state index in [1.54, 1.807) is 11.3 Å². The molecule has 5 heteroatoms. The van der Waals surface area contributed by atoms with E-state index in [-0.39, 0.29) is 5.91 Å². The van der Waals surface area contributed by atoms with Crippen molar-refractivity contribution in [2.24, 2.45) is 0 Å². The van der Waals surface area contributed by atoms with Crippen LogP contribution >= 0.6 is 11.3 Å². The molecule has 0 unspecified atom stereocenters. The van der Waals surface area contributed by atoms with Crippen LogP contribution in [-0.4, -0.2) is 53.9 Å². The maximum absolute atomic E-state index is 12.4. The molecule has 2 heterocycles. The van der Waals surface area contributed by atoms with Crippen molar-refractivity contribution in [2.45, 2.75) is 32.7 Å². The fourth-order valence-corrected chi connectivity index (χ4v) is 3.27. The zero-order valence-corrected chi connectivity index (χ0v) is 12.4. The standard InChI is InChI=1S/C13H21N3OS/c1-9-12(14-10(2)18-9)13(17)16-7-5-11(6-8-16)15(3)4/h11H,5-8H2,1-4H3. The highest BCUT2D eigenvalue weighted by Gasteiger charge is 2.26. The predicted octanol–water partition coefficient (Wildman–Crippen LogP) is 1.93. The number of amides is 1. The van der Waals surface area contributed by atoms with Crippen LogP contribution in [0.2, 0.25) is 0 Å². The summed E-state index contributed by atoms with van der Waals surface area (Å²) < 4.78 is 0. The lowest BCUT2D eigenvalue weighted by molar-refractivity contribution is 0.0657. The van der Waals surface area contributed by atoms with Gasteiger partial charge in [-0.15, -0.1) is 11.3 Å². The molecular weight excluding hydrogens is 246 g/mol. The Morgan fingerprint density at radius 1 is 1.33 bits per heavy atom. The molecule has 1 aromatic rings. The Labute approximate surface area is 113 Å². The number of piperidine rings is 1. The van der Waals surface area contributed by atoms with Crippen LogP contribution in [0.5, 0.6) is 0 Å². The normalized spacial score (nSPS) is 17.5. The van der Waals surface area contributed by atoms with Gasteiger partial charge in [-0.3, -0.25) is 4.79 Å². The summed E-state index contributed by atoms with van der Waals surface area (Å²) in [6, 6.07) is 0.604. The molecule has 1 fully saturated rings. The molecule has 0 aromatic carbocycles. The summed E-state index contributed by atoms with van der Waals surface area (Å²) in [5, 5.41) is 0.971. The largest absolute Gasteiger partial charge is 0.337 e. The van der Waals surface area contributed by atoms with Gasteiger partial charge in [0.15, 0.2) is 0 Å². The molecule has 1 amide bonds. The Hall–Kier alpha value is -0.940. The summed E-state index contributed by atoms with van der Waals surface area (Å²) >= 11 is 1.60. The Kier molecular flexibility index (Phi) is 4.02. The number of rotatable bonds is 2. The molecule has 0 bridgehead atoms. The summed E-state index contributed by atoms with van der Waals surface area (Å²) in [5.41, 5.74) is 0.654. The topological polar surface area (TPSA) is 36.4 Å². The highest BCUT2D eigenvalue weighted by Crippen LogP contribution is 2.21. The van der Waals surface area contributed by atoms with Crippen molar-refractivity contribution < 1.29 is 4.79 Å². The molecule has 18 heavy (non-hydrogen) atoms. The number of nitrogens with zero attached hydrogens (tertiary/aromatic N) is 3. The average molecular weight is 267 g/mol. The monoisotopic (exact) mass is 267 g/mol. The molecule has 1 aromatic heterocycles. The second kappa shape index (κ2) is 5.36. The van der Waals surface area contributed by atoms with E-state index in [4.69, 9.17) is 0 Å². The van der Waals surface area contributed by atoms with Gasteiger partial charge in [0.05, 0.1) is 5.01 Å². The number of carbonyl (C=O) groups excluding carboxylic acids is 1. The number of carbonyl (C=O) groups is 1. The van der Waals surface area contributed by atoms with Gasteiger partial charge in [0.2, 0.25) is 0 Å². The minimum absolute atomic E-state index is 0.106. The minimum atomic E-state index is 0.106. The zero-order valence-electron chi connectivity index (χ0n) is 11.6. The van der Waals surface area contributed by atoms with E-state index in [1.165, 1.54) is 0 Å². The molecule has 1 saturated heterocycles. The van der Waals surface area contributed by atoms with Gasteiger partial charge in [-0.1, -0.05) is 0 Å². The molecule has 0 N–H and O–H groups in total. The van der Waals surface area contributed by atoms with E-state index in [1.807, 2.05) is 18.7 Å². The number of likely N-dealkylation sites (tertiary alicyclic amines) is 1. The van der Waals surface area contributed by atoms with E-state index in [0.29, 0.717) is 11.7 Å². The van der Waals surface area contributed by atoms with Crippen LogP contribution in [0.4, 0.5) is 0 Å². The summed E-state index contributed by atoms with van der Waals surface area (Å²) in [6.07, 6.45) is 2.11. The number of aryl methyl sites for hydroxylation is 2. The third kappa shape index (κ3) is 2.72. The van der Waals surface area contributed by atoms with Gasteiger partial charge < -0.3 is 9.80 Å². The van der Waals surface area contributed by atoms with Gasteiger partial charge >= 0.3 is 0 Å². The summed E-state index contributed by atoms with van der Waals surface area (Å²) in [5.74, 6) is 0.106. The van der Waals surface area contributed by atoms with E-state index in [0.717, 1.165) is 35.8 Å². The molecule has 0 spiro atoms. The van der Waals surface area contributed by atoms with Gasteiger partial charge in [-0.05, 0) is 40.8 Å². The quantitative estimate of drug-likeness (QED) is 0.821. The first-order chi connectivity index (χ1) is 8.49. The fourth-order valence-electron chi connectivity index (χ4n) is 2.46. The molecule has 0 saturated carbocycles. The van der Waals surface area contributed by atoms with Gasteiger partial charge in [-0.2, -0.15) is 0 Å². The SMILES string of the molecule is Cc1nc(C(=O)N2CCC(N(C)C)CC2)c(C)s1. The van der Waals surface area contributed by atoms with E-state index in [2.05, 4.69) is 24.0 Å². The van der Waals surface area contributed by atoms with E-state index in [9.17, 15) is 4.79 Å². The molecular formula is C13H21N3OS. The van der Waals surface area contributed by atoms with Gasteiger partial charge in [-0.25, -0.2) is 4.98 Å². The lowest BCUT2D eigenvalue weighted by atomic mass is 10.0. The molecule has 100 valence electrons. The first-order valence-corrected chi connectivity index (χ1v) is 7.20. The third-order valence-electron chi connectivity index (χ3n) is 3.59. The number of thiazole rings is 1. The van der Waals surface area contributed by atoms with Crippen molar-refractivity contribution in [3.63, 3.8) is 0 Å². The van der Waals surface area contributed by atoms with Crippen molar-refractivity contribution in [3.05, 3.63) is 15.6 Å². The van der Waals surface area contributed by atoms with Crippen LogP contribution in [0.25, 0.3) is 0 Å². The summed E-state index contributed by atoms with van der Waals surface area (Å²) in [7, 11) is 4.21. The molecule has 0 aliphatic carbocycles. The smallest absolute Gasteiger partial charge is 0.273 e. The van der Waals surface area contributed by atoms with Crippen molar-refractivity contribution in [3.8, 4) is 0 Å². The van der Waals surface area contributed by atoms with Crippen molar-refractivity contribution >= 4 is 17.2 Å². The molecule has 4 nitrogen and oxygen atoms in total. The molecule has 2 rings (SSSR count). The van der Waals surface area contributed by atoms with Crippen molar-refractivity contribution in [1.82, 2.24) is 14.8 Å². The fraction of sp³-hybridized carbons (Fsp3) is 0.692. The van der Waals surface area contributed by atoms with E-state index < -0.39 is 0 Å². The van der Waals surface area contributed by atoms with Crippen LogP contribution in [0.1, 0.15) is 33.2 Å². The Morgan fingerprint density at radius 2 is 1.94 bits per heavy atom. The predicted molar refractivity (Wildman–Crippen MR) is 74.2 cm³/mol. The Balaban J connectivity index is 2.02. The first kappa shape index (κ1) is 13.5. The number of hydrogen-bond donors (Lipinski definition) is 0. The van der Waals surface area contributed by atoms with Crippen LogP contribution in [0.15, 0.2) is 0 Å². The molecule has 1 aliphatic rings. The molecule has 1 aliphatic heterocycles. The average Bonchev–Trinajstić information content (AvgIpc) is 2.67. The maximum atomic E-state index is 12.4. The Bertz CT molecular complexity index is 433. The highest BCUT2D eigenvalue weighted by atomic mass is 32.1. The Morgan fingerprint density at radius 3 is 2.39 bits per heavy atom. The molecule has 0 atom stereocenters. The lowest BCUT2D eigenvalue weighted by Gasteiger charge is -2.35. The lowest BCUT2D eigenvalue weighted by Crippen LogP contribution is -2.44. The van der Waals surface area contributed by atoms with Gasteiger partial charge in [0.25, 0.3) is 5.91 Å². The first-order valence-electron chi connectivity index (χ1n) is 6.38. The second-order valence-corrected chi connectivity index (χ2v) is 6.53. The van der Waals surface area contributed by atoms with Crippen LogP contribution in [0.3, 0.4) is 0 Å². The number of hydrogen-bond acceptors (Lipinski definition) is 4. The van der Waals surface area contributed by atoms with E-state index >= 15 is 0 Å². The highest BCUT2D eigenvalue weighted by molar-refractivity contribution is 7.11. The van der Waals surface area contributed by atoms with Gasteiger partial charge in [0, 0.05) is 24.0 Å². The molecule has 0 radical (unpaired) electrons. The summed E-state index contributed by atoms with van der Waals surface area (Å²) in [4.78, 5) is 22.0. The maximum Gasteiger partial charge on any atom is 0.273 e. The van der Waals surface area contributed by atoms with Crippen molar-refractivity contribution in [1.29, 1.82) is 0 Å². The van der Waals surface area contributed by atoms with Crippen LogP contribution in [-0.2, 0) is 0 Å².